The Bertz CT molecular complexity index is 1430. The number of carboxylic acid groups (broad SMARTS) is 1. The van der Waals surface area contributed by atoms with Gasteiger partial charge in [0.1, 0.15) is 11.6 Å². The quantitative estimate of drug-likeness (QED) is 0.194. The lowest BCUT2D eigenvalue weighted by Crippen LogP contribution is -2.47. The Labute approximate surface area is 234 Å². The molecule has 0 bridgehead atoms. The number of ether oxygens (including phenoxy) is 2. The van der Waals surface area contributed by atoms with Crippen molar-refractivity contribution in [3.05, 3.63) is 113 Å². The molecule has 3 N–H and O–H groups in total. The molecule has 0 amide bonds. The molecule has 208 valence electrons. The van der Waals surface area contributed by atoms with E-state index in [0.717, 1.165) is 49.0 Å². The van der Waals surface area contributed by atoms with Gasteiger partial charge in [-0.2, -0.15) is 0 Å². The van der Waals surface area contributed by atoms with Crippen LogP contribution in [0, 0.1) is 5.82 Å². The molecule has 5 rings (SSSR count). The Kier molecular flexibility index (Phi) is 9.39. The maximum Gasteiger partial charge on any atom is 0.335 e. The molecule has 0 saturated carbocycles. The van der Waals surface area contributed by atoms with Gasteiger partial charge in [0.2, 0.25) is 0 Å². The predicted molar refractivity (Wildman–Crippen MR) is 154 cm³/mol. The molecule has 0 aromatic heterocycles. The van der Waals surface area contributed by atoms with Crippen LogP contribution in [0.4, 0.5) is 4.39 Å². The van der Waals surface area contributed by atoms with Crippen LogP contribution in [-0.2, 0) is 17.9 Å². The fourth-order valence-corrected chi connectivity index (χ4v) is 5.22. The zero-order valence-corrected chi connectivity index (χ0v) is 22.4. The monoisotopic (exact) mass is 542 g/mol. The van der Waals surface area contributed by atoms with Crippen molar-refractivity contribution < 1.29 is 23.8 Å². The van der Waals surface area contributed by atoms with Gasteiger partial charge in [-0.3, -0.25) is 0 Å². The van der Waals surface area contributed by atoms with E-state index in [1.807, 2.05) is 30.3 Å². The topological polar surface area (TPSA) is 79.8 Å². The maximum atomic E-state index is 13.7. The summed E-state index contributed by atoms with van der Waals surface area (Å²) in [5, 5.41) is 18.4. The average Bonchev–Trinajstić information content (AvgIpc) is 2.99. The van der Waals surface area contributed by atoms with Gasteiger partial charge in [-0.25, -0.2) is 9.18 Å². The summed E-state index contributed by atoms with van der Waals surface area (Å²) in [7, 11) is 0. The molecule has 0 unspecified atom stereocenters. The third-order valence-corrected chi connectivity index (χ3v) is 7.43. The number of benzene rings is 4. The minimum atomic E-state index is -0.911. The minimum absolute atomic E-state index is 0.240. The van der Waals surface area contributed by atoms with E-state index in [4.69, 9.17) is 9.47 Å². The van der Waals surface area contributed by atoms with Crippen LogP contribution in [0.15, 0.2) is 84.9 Å². The largest absolute Gasteiger partial charge is 0.494 e. The molecule has 1 aliphatic rings. The zero-order chi connectivity index (χ0) is 27.7. The molecule has 7 heteroatoms. The average molecular weight is 543 g/mol. The summed E-state index contributed by atoms with van der Waals surface area (Å²) in [6.45, 7) is 3.93. The zero-order valence-electron chi connectivity index (χ0n) is 22.4. The molecule has 1 heterocycles. The van der Waals surface area contributed by atoms with E-state index in [2.05, 4.69) is 34.9 Å². The summed E-state index contributed by atoms with van der Waals surface area (Å²) in [5.41, 5.74) is 3.33. The standard InChI is InChI=1S/C33H35FN2O4/c34-31-5-2-1-4-28(31)22-39-16-3-17-40-29-12-10-24(11-13-29)30-14-15-35-21-32(30)36-20-23-6-7-26-19-27(33(37)38)9-8-25(26)18-23/h1-2,4-13,18-19,30,32,35-36H,3,14-17,20-22H2,(H,37,38)/t30-,32-/m0/s1. The van der Waals surface area contributed by atoms with Crippen LogP contribution in [0.3, 0.4) is 0 Å². The van der Waals surface area contributed by atoms with E-state index >= 15 is 0 Å². The number of rotatable bonds is 12. The number of aromatic carboxylic acids is 1. The Morgan fingerprint density at radius 2 is 1.77 bits per heavy atom. The maximum absolute atomic E-state index is 13.7. The van der Waals surface area contributed by atoms with Gasteiger partial charge in [-0.1, -0.05) is 48.5 Å². The number of hydrogen-bond acceptors (Lipinski definition) is 5. The third-order valence-electron chi connectivity index (χ3n) is 7.43. The summed E-state index contributed by atoms with van der Waals surface area (Å²) in [6.07, 6.45) is 1.78. The first-order valence-corrected chi connectivity index (χ1v) is 13.8. The number of piperidine rings is 1. The van der Waals surface area contributed by atoms with Crippen LogP contribution in [-0.4, -0.2) is 43.4 Å². The molecule has 2 atom stereocenters. The van der Waals surface area contributed by atoms with Gasteiger partial charge < -0.3 is 25.2 Å². The van der Waals surface area contributed by atoms with Crippen molar-refractivity contribution in [2.75, 3.05) is 26.3 Å². The smallest absolute Gasteiger partial charge is 0.335 e. The summed E-state index contributed by atoms with van der Waals surface area (Å²) in [4.78, 5) is 11.2. The van der Waals surface area contributed by atoms with Crippen molar-refractivity contribution >= 4 is 16.7 Å². The summed E-state index contributed by atoms with van der Waals surface area (Å²) in [6, 6.07) is 26.7. The summed E-state index contributed by atoms with van der Waals surface area (Å²) in [5.74, 6) is 0.0709. The van der Waals surface area contributed by atoms with Gasteiger partial charge in [0.25, 0.3) is 0 Å². The first-order chi connectivity index (χ1) is 19.6. The van der Waals surface area contributed by atoms with Crippen molar-refractivity contribution in [1.82, 2.24) is 10.6 Å². The van der Waals surface area contributed by atoms with E-state index in [-0.39, 0.29) is 18.5 Å². The van der Waals surface area contributed by atoms with Gasteiger partial charge in [0.05, 0.1) is 25.4 Å². The molecule has 4 aromatic rings. The van der Waals surface area contributed by atoms with E-state index in [0.29, 0.717) is 30.3 Å². The Hall–Kier alpha value is -3.78. The SMILES string of the molecule is O=C(O)c1ccc2cc(CN[C@H]3CNCC[C@H]3c3ccc(OCCCOCc4ccccc4F)cc3)ccc2c1. The number of nitrogens with one attached hydrogen (secondary N) is 2. The Balaban J connectivity index is 1.10. The number of fused-ring (bicyclic) bond motifs is 1. The van der Waals surface area contributed by atoms with Gasteiger partial charge in [0, 0.05) is 37.0 Å². The number of halogens is 1. The molecule has 1 saturated heterocycles. The Morgan fingerprint density at radius 1 is 0.975 bits per heavy atom. The second kappa shape index (κ2) is 13.5. The van der Waals surface area contributed by atoms with Crippen LogP contribution in [0.2, 0.25) is 0 Å². The van der Waals surface area contributed by atoms with Crippen LogP contribution in [0.1, 0.15) is 45.8 Å². The van der Waals surface area contributed by atoms with Gasteiger partial charge in [-0.05, 0) is 71.3 Å². The lowest BCUT2D eigenvalue weighted by molar-refractivity contribution is 0.0697. The molecule has 4 aromatic carbocycles. The molecule has 40 heavy (non-hydrogen) atoms. The van der Waals surface area contributed by atoms with E-state index in [9.17, 15) is 14.3 Å². The second-order valence-corrected chi connectivity index (χ2v) is 10.2. The normalized spacial score (nSPS) is 17.1. The molecular weight excluding hydrogens is 507 g/mol. The van der Waals surface area contributed by atoms with Crippen molar-refractivity contribution in [1.29, 1.82) is 0 Å². The number of hydrogen-bond donors (Lipinski definition) is 3. The molecule has 0 radical (unpaired) electrons. The second-order valence-electron chi connectivity index (χ2n) is 10.2. The molecule has 0 aliphatic carbocycles. The van der Waals surface area contributed by atoms with Gasteiger partial charge in [0.15, 0.2) is 0 Å². The van der Waals surface area contributed by atoms with Crippen molar-refractivity contribution in [3.63, 3.8) is 0 Å². The molecular formula is C33H35FN2O4. The lowest BCUT2D eigenvalue weighted by Gasteiger charge is -2.33. The highest BCUT2D eigenvalue weighted by Gasteiger charge is 2.26. The summed E-state index contributed by atoms with van der Waals surface area (Å²) < 4.78 is 25.1. The van der Waals surface area contributed by atoms with Crippen molar-refractivity contribution in [2.24, 2.45) is 0 Å². The fraction of sp³-hybridized carbons (Fsp3) is 0.303. The fourth-order valence-electron chi connectivity index (χ4n) is 5.22. The highest BCUT2D eigenvalue weighted by Crippen LogP contribution is 2.28. The molecule has 1 aliphatic heterocycles. The third kappa shape index (κ3) is 7.24. The Morgan fingerprint density at radius 3 is 2.60 bits per heavy atom. The van der Waals surface area contributed by atoms with E-state index in [1.54, 1.807) is 24.3 Å². The van der Waals surface area contributed by atoms with E-state index in [1.165, 1.54) is 17.2 Å². The first-order valence-electron chi connectivity index (χ1n) is 13.8. The van der Waals surface area contributed by atoms with Crippen LogP contribution in [0.25, 0.3) is 10.8 Å². The highest BCUT2D eigenvalue weighted by atomic mass is 19.1. The number of carboxylic acids is 1. The molecule has 0 spiro atoms. The van der Waals surface area contributed by atoms with E-state index < -0.39 is 5.97 Å². The molecule has 1 fully saturated rings. The van der Waals surface area contributed by atoms with Crippen molar-refractivity contribution in [2.45, 2.75) is 38.0 Å². The van der Waals surface area contributed by atoms with Crippen LogP contribution < -0.4 is 15.4 Å². The number of carbonyl (C=O) groups is 1. The highest BCUT2D eigenvalue weighted by molar-refractivity contribution is 5.94. The minimum Gasteiger partial charge on any atom is -0.494 e. The summed E-state index contributed by atoms with van der Waals surface area (Å²) >= 11 is 0. The molecule has 6 nitrogen and oxygen atoms in total. The lowest BCUT2D eigenvalue weighted by atomic mass is 9.86. The van der Waals surface area contributed by atoms with Gasteiger partial charge >= 0.3 is 5.97 Å². The predicted octanol–water partition coefficient (Wildman–Crippen LogP) is 5.90. The first kappa shape index (κ1) is 27.8. The van der Waals surface area contributed by atoms with Crippen LogP contribution in [0.5, 0.6) is 5.75 Å². The van der Waals surface area contributed by atoms with Gasteiger partial charge in [-0.15, -0.1) is 0 Å². The van der Waals surface area contributed by atoms with Crippen LogP contribution >= 0.6 is 0 Å². The van der Waals surface area contributed by atoms with Crippen molar-refractivity contribution in [3.8, 4) is 5.75 Å².